The molecule has 4 nitrogen and oxygen atoms in total. The second-order valence-electron chi connectivity index (χ2n) is 7.08. The second kappa shape index (κ2) is 8.17. The van der Waals surface area contributed by atoms with Crippen LogP contribution in [0.25, 0.3) is 0 Å². The molecular weight excluding hydrogens is 332 g/mol. The number of pyridine rings is 1. The van der Waals surface area contributed by atoms with Crippen molar-refractivity contribution >= 4 is 23.9 Å². The molecular formula is C20H27ClN4. The lowest BCUT2D eigenvalue weighted by molar-refractivity contribution is 0.250. The van der Waals surface area contributed by atoms with Crippen LogP contribution in [0.15, 0.2) is 48.7 Å². The zero-order valence-corrected chi connectivity index (χ0v) is 15.6. The van der Waals surface area contributed by atoms with E-state index >= 15 is 0 Å². The molecule has 2 fully saturated rings. The van der Waals surface area contributed by atoms with E-state index in [-0.39, 0.29) is 12.4 Å². The van der Waals surface area contributed by atoms with Gasteiger partial charge in [0.05, 0.1) is 0 Å². The van der Waals surface area contributed by atoms with Crippen LogP contribution in [0.5, 0.6) is 0 Å². The topological polar surface area (TPSA) is 31.4 Å². The van der Waals surface area contributed by atoms with Crippen LogP contribution in [-0.4, -0.2) is 42.1 Å². The Balaban J connectivity index is 0.00000182. The van der Waals surface area contributed by atoms with Gasteiger partial charge < -0.3 is 10.2 Å². The number of hydrogen-bond donors (Lipinski definition) is 1. The highest BCUT2D eigenvalue weighted by molar-refractivity contribution is 5.85. The van der Waals surface area contributed by atoms with Crippen molar-refractivity contribution < 1.29 is 0 Å². The molecule has 2 aliphatic rings. The minimum Gasteiger partial charge on any atom is -0.329 e. The van der Waals surface area contributed by atoms with Gasteiger partial charge in [0.15, 0.2) is 0 Å². The lowest BCUT2D eigenvalue weighted by Crippen LogP contribution is -2.34. The Morgan fingerprint density at radius 3 is 2.64 bits per heavy atom. The number of benzene rings is 1. The summed E-state index contributed by atoms with van der Waals surface area (Å²) in [6.07, 6.45) is 6.00. The van der Waals surface area contributed by atoms with Gasteiger partial charge in [-0.05, 0) is 43.0 Å². The summed E-state index contributed by atoms with van der Waals surface area (Å²) >= 11 is 0. The molecule has 0 saturated carbocycles. The molecule has 2 aromatic rings. The van der Waals surface area contributed by atoms with Gasteiger partial charge in [0.2, 0.25) is 0 Å². The van der Waals surface area contributed by atoms with E-state index in [2.05, 4.69) is 63.5 Å². The van der Waals surface area contributed by atoms with Crippen LogP contribution in [0.4, 0.5) is 11.5 Å². The molecule has 134 valence electrons. The minimum atomic E-state index is 0. The maximum Gasteiger partial charge on any atom is 0.132 e. The number of rotatable bonds is 4. The highest BCUT2D eigenvalue weighted by Gasteiger charge is 2.29. The van der Waals surface area contributed by atoms with Crippen LogP contribution in [0.2, 0.25) is 0 Å². The van der Waals surface area contributed by atoms with Gasteiger partial charge in [0.25, 0.3) is 0 Å². The lowest BCUT2D eigenvalue weighted by atomic mass is 10.1. The van der Waals surface area contributed by atoms with Crippen LogP contribution in [-0.2, 0) is 6.54 Å². The molecule has 0 amide bonds. The number of halogens is 1. The molecule has 5 heteroatoms. The van der Waals surface area contributed by atoms with Crippen molar-refractivity contribution in [3.8, 4) is 0 Å². The summed E-state index contributed by atoms with van der Waals surface area (Å²) in [5, 5.41) is 3.75. The third kappa shape index (κ3) is 4.32. The largest absolute Gasteiger partial charge is 0.329 e. The second-order valence-corrected chi connectivity index (χ2v) is 7.08. The number of anilines is 2. The Morgan fingerprint density at radius 1 is 1.08 bits per heavy atom. The zero-order chi connectivity index (χ0) is 16.4. The Labute approximate surface area is 156 Å². The van der Waals surface area contributed by atoms with Gasteiger partial charge in [-0.2, -0.15) is 0 Å². The van der Waals surface area contributed by atoms with Crippen molar-refractivity contribution in [3.05, 3.63) is 54.2 Å². The summed E-state index contributed by atoms with van der Waals surface area (Å²) in [5.74, 6) is 0.988. The van der Waals surface area contributed by atoms with E-state index in [1.165, 1.54) is 37.9 Å². The molecule has 1 N–H and O–H groups in total. The molecule has 1 aromatic carbocycles. The van der Waals surface area contributed by atoms with Crippen LogP contribution in [0.1, 0.15) is 24.8 Å². The van der Waals surface area contributed by atoms with Crippen LogP contribution in [0, 0.1) is 0 Å². The van der Waals surface area contributed by atoms with Gasteiger partial charge in [-0.3, -0.25) is 4.90 Å². The van der Waals surface area contributed by atoms with Crippen molar-refractivity contribution in [2.24, 2.45) is 0 Å². The van der Waals surface area contributed by atoms with Gasteiger partial charge in [0, 0.05) is 50.6 Å². The highest BCUT2D eigenvalue weighted by atomic mass is 35.5. The first-order valence-electron chi connectivity index (χ1n) is 9.00. The van der Waals surface area contributed by atoms with Crippen molar-refractivity contribution in [2.45, 2.75) is 37.9 Å². The SMILES string of the molecule is CN(c1ccccc1)c1ccc(CN2CCC3CCC(C2)N3)cn1.Cl. The van der Waals surface area contributed by atoms with Gasteiger partial charge >= 0.3 is 0 Å². The smallest absolute Gasteiger partial charge is 0.132 e. The molecule has 0 spiro atoms. The first kappa shape index (κ1) is 18.2. The maximum absolute atomic E-state index is 4.68. The van der Waals surface area contributed by atoms with Gasteiger partial charge in [-0.15, -0.1) is 12.4 Å². The molecule has 3 heterocycles. The summed E-state index contributed by atoms with van der Waals surface area (Å²) in [7, 11) is 2.06. The Hall–Kier alpha value is -1.62. The monoisotopic (exact) mass is 358 g/mol. The predicted octanol–water partition coefficient (Wildman–Crippen LogP) is 3.60. The standard InChI is InChI=1S/C20H26N4.ClH/c1-23(19-5-3-2-4-6-19)20-10-7-16(13-21-20)14-24-12-11-17-8-9-18(15-24)22-17;/h2-7,10,13,17-18,22H,8-9,11-12,14-15H2,1H3;1H. The molecule has 4 rings (SSSR count). The number of nitrogens with one attached hydrogen (secondary N) is 1. The van der Waals surface area contributed by atoms with Crippen molar-refractivity contribution in [1.82, 2.24) is 15.2 Å². The molecule has 1 aromatic heterocycles. The summed E-state index contributed by atoms with van der Waals surface area (Å²) < 4.78 is 0. The number of fused-ring (bicyclic) bond motifs is 2. The fraction of sp³-hybridized carbons (Fsp3) is 0.450. The molecule has 0 aliphatic carbocycles. The number of hydrogen-bond acceptors (Lipinski definition) is 4. The average Bonchev–Trinajstić information content (AvgIpc) is 2.97. The molecule has 2 unspecified atom stereocenters. The minimum absolute atomic E-state index is 0. The third-order valence-electron chi connectivity index (χ3n) is 5.31. The lowest BCUT2D eigenvalue weighted by Gasteiger charge is -2.24. The molecule has 2 bridgehead atoms. The first-order chi connectivity index (χ1) is 11.8. The van der Waals surface area contributed by atoms with E-state index in [4.69, 9.17) is 0 Å². The molecule has 2 atom stereocenters. The third-order valence-corrected chi connectivity index (χ3v) is 5.31. The van der Waals surface area contributed by atoms with E-state index < -0.39 is 0 Å². The quantitative estimate of drug-likeness (QED) is 0.904. The Bertz CT molecular complexity index is 661. The number of aromatic nitrogens is 1. The van der Waals surface area contributed by atoms with Crippen molar-refractivity contribution in [3.63, 3.8) is 0 Å². The maximum atomic E-state index is 4.68. The summed E-state index contributed by atoms with van der Waals surface area (Å²) in [6.45, 7) is 3.37. The van der Waals surface area contributed by atoms with Gasteiger partial charge in [-0.25, -0.2) is 4.98 Å². The fourth-order valence-corrected chi connectivity index (χ4v) is 3.91. The van der Waals surface area contributed by atoms with Crippen molar-refractivity contribution in [2.75, 3.05) is 25.0 Å². The number of likely N-dealkylation sites (tertiary alicyclic amines) is 1. The van der Waals surface area contributed by atoms with E-state index in [9.17, 15) is 0 Å². The predicted molar refractivity (Wildman–Crippen MR) is 106 cm³/mol. The summed E-state index contributed by atoms with van der Waals surface area (Å²) in [5.41, 5.74) is 2.46. The van der Waals surface area contributed by atoms with Gasteiger partial charge in [-0.1, -0.05) is 24.3 Å². The summed E-state index contributed by atoms with van der Waals surface area (Å²) in [6, 6.07) is 16.2. The van der Waals surface area contributed by atoms with Crippen molar-refractivity contribution in [1.29, 1.82) is 0 Å². The van der Waals surface area contributed by atoms with E-state index in [0.717, 1.165) is 24.1 Å². The Morgan fingerprint density at radius 2 is 1.88 bits per heavy atom. The zero-order valence-electron chi connectivity index (χ0n) is 14.8. The highest BCUT2D eigenvalue weighted by Crippen LogP contribution is 2.23. The normalized spacial score (nSPS) is 22.9. The van der Waals surface area contributed by atoms with Crippen LogP contribution >= 0.6 is 12.4 Å². The van der Waals surface area contributed by atoms with E-state index in [1.54, 1.807) is 0 Å². The van der Waals surface area contributed by atoms with Gasteiger partial charge in [0.1, 0.15) is 5.82 Å². The number of para-hydroxylation sites is 1. The summed E-state index contributed by atoms with van der Waals surface area (Å²) in [4.78, 5) is 9.38. The average molecular weight is 359 g/mol. The fourth-order valence-electron chi connectivity index (χ4n) is 3.91. The van der Waals surface area contributed by atoms with E-state index in [1.807, 2.05) is 12.3 Å². The molecule has 0 radical (unpaired) electrons. The number of nitrogens with zero attached hydrogens (tertiary/aromatic N) is 3. The molecule has 2 saturated heterocycles. The molecule has 25 heavy (non-hydrogen) atoms. The molecule has 2 aliphatic heterocycles. The van der Waals surface area contributed by atoms with Crippen LogP contribution in [0.3, 0.4) is 0 Å². The first-order valence-corrected chi connectivity index (χ1v) is 9.00. The Kier molecular flexibility index (Phi) is 5.94. The van der Waals surface area contributed by atoms with E-state index in [0.29, 0.717) is 6.04 Å². The van der Waals surface area contributed by atoms with Crippen LogP contribution < -0.4 is 10.2 Å².